The third-order valence-corrected chi connectivity index (χ3v) is 14.2. The molecular weight excluding hydrogens is 596 g/mol. The number of hydrogen-bond acceptors (Lipinski definition) is 5. The summed E-state index contributed by atoms with van der Waals surface area (Å²) in [6.07, 6.45) is -0.0328. The van der Waals surface area contributed by atoms with Crippen molar-refractivity contribution in [3.63, 3.8) is 0 Å². The van der Waals surface area contributed by atoms with E-state index in [2.05, 4.69) is 0 Å². The fourth-order valence-corrected chi connectivity index (χ4v) is 11.7. The summed E-state index contributed by atoms with van der Waals surface area (Å²) in [6, 6.07) is 28.5. The van der Waals surface area contributed by atoms with Crippen molar-refractivity contribution < 1.29 is 26.0 Å². The number of ketones is 1. The lowest BCUT2D eigenvalue weighted by Crippen LogP contribution is -2.53. The van der Waals surface area contributed by atoms with E-state index in [9.17, 15) is 21.6 Å². The molecular formula is C36H35FO5S2. The zero-order chi connectivity index (χ0) is 31.2. The lowest BCUT2D eigenvalue weighted by molar-refractivity contribution is -0.128. The molecule has 0 N–H and O–H groups in total. The van der Waals surface area contributed by atoms with Crippen molar-refractivity contribution in [1.82, 2.24) is 0 Å². The molecule has 0 spiro atoms. The summed E-state index contributed by atoms with van der Waals surface area (Å²) < 4.78 is 73.1. The highest BCUT2D eigenvalue weighted by Crippen LogP contribution is 2.54. The Morgan fingerprint density at radius 3 is 1.75 bits per heavy atom. The Morgan fingerprint density at radius 2 is 1.16 bits per heavy atom. The Morgan fingerprint density at radius 1 is 0.614 bits per heavy atom. The molecule has 2 fully saturated rings. The first-order valence-electron chi connectivity index (χ1n) is 14.9. The predicted molar refractivity (Wildman–Crippen MR) is 168 cm³/mol. The van der Waals surface area contributed by atoms with Crippen molar-refractivity contribution in [2.75, 3.05) is 0 Å². The molecule has 6 rings (SSSR count). The minimum absolute atomic E-state index is 0.0113. The number of sulfone groups is 2. The molecule has 2 saturated carbocycles. The van der Waals surface area contributed by atoms with Crippen molar-refractivity contribution in [2.45, 2.75) is 65.2 Å². The van der Waals surface area contributed by atoms with E-state index in [4.69, 9.17) is 0 Å². The van der Waals surface area contributed by atoms with E-state index in [0.717, 1.165) is 16.7 Å². The number of carbonyl (C=O) groups is 1. The Hall–Kier alpha value is -3.62. The van der Waals surface area contributed by atoms with Gasteiger partial charge in [0.1, 0.15) is 11.6 Å². The summed E-state index contributed by atoms with van der Waals surface area (Å²) in [5.41, 5.74) is 2.79. The molecule has 0 heterocycles. The maximum Gasteiger partial charge on any atom is 0.182 e. The zero-order valence-electron chi connectivity index (χ0n) is 24.6. The Bertz CT molecular complexity index is 1890. The normalized spacial score (nSPS) is 25.8. The zero-order valence-corrected chi connectivity index (χ0v) is 26.3. The Labute approximate surface area is 259 Å². The minimum Gasteiger partial charge on any atom is -0.299 e. The van der Waals surface area contributed by atoms with Gasteiger partial charge in [0, 0.05) is 24.2 Å². The molecule has 6 unspecified atom stereocenters. The molecule has 5 nitrogen and oxygen atoms in total. The fourth-order valence-electron chi connectivity index (χ4n) is 7.40. The number of hydrogen-bond donors (Lipinski definition) is 0. The van der Waals surface area contributed by atoms with Gasteiger partial charge in [0.05, 0.1) is 20.3 Å². The van der Waals surface area contributed by atoms with Crippen molar-refractivity contribution in [3.8, 4) is 0 Å². The summed E-state index contributed by atoms with van der Waals surface area (Å²) in [4.78, 5) is 14.2. The van der Waals surface area contributed by atoms with Gasteiger partial charge in [-0.05, 0) is 74.1 Å². The van der Waals surface area contributed by atoms with Crippen LogP contribution in [0.3, 0.4) is 0 Å². The number of fused-ring (bicyclic) bond motifs is 1. The van der Waals surface area contributed by atoms with E-state index in [0.29, 0.717) is 0 Å². The number of carbonyl (C=O) groups excluding carboxylic acids is 1. The molecule has 44 heavy (non-hydrogen) atoms. The molecule has 0 saturated heterocycles. The summed E-state index contributed by atoms with van der Waals surface area (Å²) in [5.74, 6) is -3.66. The second-order valence-electron chi connectivity index (χ2n) is 12.3. The molecule has 0 aromatic heterocycles. The Balaban J connectivity index is 1.52. The van der Waals surface area contributed by atoms with Gasteiger partial charge in [0.25, 0.3) is 0 Å². The van der Waals surface area contributed by atoms with E-state index in [1.54, 1.807) is 66.7 Å². The average molecular weight is 631 g/mol. The number of halogens is 1. The van der Waals surface area contributed by atoms with Gasteiger partial charge in [-0.1, -0.05) is 83.9 Å². The molecule has 2 aliphatic carbocycles. The largest absolute Gasteiger partial charge is 0.299 e. The molecule has 8 heteroatoms. The molecule has 0 bridgehead atoms. The van der Waals surface area contributed by atoms with E-state index >= 15 is 4.39 Å². The molecule has 4 aromatic carbocycles. The number of rotatable bonds is 6. The topological polar surface area (TPSA) is 85.3 Å². The molecule has 228 valence electrons. The van der Waals surface area contributed by atoms with E-state index in [-0.39, 0.29) is 40.4 Å². The standard InChI is InChI=1S/C36H35FO5S2/c1-23-12-16-26(17-13-23)43(39,40)35-22-30-32(20-31(35)28-10-6-7-11-33(28)37)36(44(41,42)27-18-14-24(2)15-19-27)29(21-34(30)38)25-8-4-3-5-9-25/h3-19,29-32,35-36H,20-22H2,1-2H3. The number of aryl methyl sites for hydroxylation is 2. The summed E-state index contributed by atoms with van der Waals surface area (Å²) in [6.45, 7) is 3.75. The SMILES string of the molecule is Cc1ccc(S(=O)(=O)C2CC3C(=O)CC(c4ccccc4)C(S(=O)(=O)c4ccc(C)cc4)C3CC2c2ccccc2F)cc1. The van der Waals surface area contributed by atoms with Crippen LogP contribution in [0.2, 0.25) is 0 Å². The van der Waals surface area contributed by atoms with Gasteiger partial charge in [-0.2, -0.15) is 0 Å². The molecule has 0 radical (unpaired) electrons. The molecule has 4 aromatic rings. The van der Waals surface area contributed by atoms with Crippen LogP contribution in [0.1, 0.15) is 53.4 Å². The molecule has 2 aliphatic rings. The van der Waals surface area contributed by atoms with Crippen molar-refractivity contribution in [3.05, 3.63) is 131 Å². The summed E-state index contributed by atoms with van der Waals surface area (Å²) in [5, 5.41) is -2.09. The molecule has 0 aliphatic heterocycles. The first-order chi connectivity index (χ1) is 21.0. The lowest BCUT2D eigenvalue weighted by atomic mass is 9.61. The van der Waals surface area contributed by atoms with Gasteiger partial charge in [0.15, 0.2) is 19.7 Å². The van der Waals surface area contributed by atoms with Gasteiger partial charge in [-0.25, -0.2) is 21.2 Å². The quantitative estimate of drug-likeness (QED) is 0.229. The maximum atomic E-state index is 15.5. The van der Waals surface area contributed by atoms with E-state index in [1.807, 2.05) is 44.2 Å². The van der Waals surface area contributed by atoms with Crippen LogP contribution >= 0.6 is 0 Å². The third-order valence-electron chi connectivity index (χ3n) is 9.62. The van der Waals surface area contributed by atoms with Crippen LogP contribution in [0.4, 0.5) is 4.39 Å². The predicted octanol–water partition coefficient (Wildman–Crippen LogP) is 6.99. The highest BCUT2D eigenvalue weighted by Gasteiger charge is 2.56. The summed E-state index contributed by atoms with van der Waals surface area (Å²) >= 11 is 0. The van der Waals surface area contributed by atoms with Gasteiger partial charge >= 0.3 is 0 Å². The molecule has 0 amide bonds. The first-order valence-corrected chi connectivity index (χ1v) is 18.0. The van der Waals surface area contributed by atoms with Crippen LogP contribution in [0, 0.1) is 31.5 Å². The first kappa shape index (κ1) is 30.4. The minimum atomic E-state index is -4.01. The lowest BCUT2D eigenvalue weighted by Gasteiger charge is -2.48. The van der Waals surface area contributed by atoms with Crippen LogP contribution in [-0.4, -0.2) is 33.1 Å². The van der Waals surface area contributed by atoms with Crippen molar-refractivity contribution >= 4 is 25.5 Å². The fraction of sp³-hybridized carbons (Fsp3) is 0.306. The van der Waals surface area contributed by atoms with Crippen LogP contribution in [0.15, 0.2) is 113 Å². The van der Waals surface area contributed by atoms with Crippen LogP contribution in [-0.2, 0) is 24.5 Å². The highest BCUT2D eigenvalue weighted by atomic mass is 32.2. The second-order valence-corrected chi connectivity index (χ2v) is 16.5. The van der Waals surface area contributed by atoms with Crippen molar-refractivity contribution in [2.24, 2.45) is 11.8 Å². The van der Waals surface area contributed by atoms with Gasteiger partial charge < -0.3 is 0 Å². The highest BCUT2D eigenvalue weighted by molar-refractivity contribution is 7.92. The van der Waals surface area contributed by atoms with Gasteiger partial charge in [-0.15, -0.1) is 0 Å². The van der Waals surface area contributed by atoms with Crippen LogP contribution < -0.4 is 0 Å². The van der Waals surface area contributed by atoms with Crippen molar-refractivity contribution in [1.29, 1.82) is 0 Å². The number of benzene rings is 4. The smallest absolute Gasteiger partial charge is 0.182 e. The van der Waals surface area contributed by atoms with Crippen LogP contribution in [0.5, 0.6) is 0 Å². The van der Waals surface area contributed by atoms with Gasteiger partial charge in [0.2, 0.25) is 0 Å². The third kappa shape index (κ3) is 5.43. The summed E-state index contributed by atoms with van der Waals surface area (Å²) in [7, 11) is -8.00. The van der Waals surface area contributed by atoms with Gasteiger partial charge in [-0.3, -0.25) is 4.79 Å². The average Bonchev–Trinajstić information content (AvgIpc) is 3.01. The monoisotopic (exact) mass is 630 g/mol. The molecule has 6 atom stereocenters. The maximum absolute atomic E-state index is 15.5. The van der Waals surface area contributed by atoms with E-state index in [1.165, 1.54) is 6.07 Å². The second kappa shape index (κ2) is 11.7. The Kier molecular flexibility index (Phi) is 8.09. The van der Waals surface area contributed by atoms with E-state index < -0.39 is 59.7 Å². The number of Topliss-reactive ketones (excluding diaryl/α,β-unsaturated/α-hetero) is 1. The van der Waals surface area contributed by atoms with Crippen LogP contribution in [0.25, 0.3) is 0 Å².